The summed E-state index contributed by atoms with van der Waals surface area (Å²) in [5, 5.41) is 4.76. The molecule has 1 heterocycles. The van der Waals surface area contributed by atoms with Crippen LogP contribution in [0.4, 0.5) is 9.52 Å². The van der Waals surface area contributed by atoms with Crippen molar-refractivity contribution in [3.63, 3.8) is 0 Å². The van der Waals surface area contributed by atoms with Gasteiger partial charge in [0.2, 0.25) is 0 Å². The first-order valence-corrected chi connectivity index (χ1v) is 10.2. The van der Waals surface area contributed by atoms with Gasteiger partial charge in [0, 0.05) is 17.4 Å². The third-order valence-corrected chi connectivity index (χ3v) is 5.09. The molecule has 0 aliphatic heterocycles. The minimum Gasteiger partial charge on any atom is -0.497 e. The molecule has 0 radical (unpaired) electrons. The molecule has 0 aliphatic carbocycles. The molecule has 0 saturated carbocycles. The van der Waals surface area contributed by atoms with Gasteiger partial charge in [0.15, 0.2) is 11.7 Å². The number of thiazole rings is 1. The molecule has 7 nitrogen and oxygen atoms in total. The summed E-state index contributed by atoms with van der Waals surface area (Å²) < 4.78 is 28.5. The number of methoxy groups -OCH3 is 2. The number of ether oxygens (including phenoxy) is 3. The van der Waals surface area contributed by atoms with E-state index in [2.05, 4.69) is 10.3 Å². The third kappa shape index (κ3) is 6.26. The number of nitrogens with one attached hydrogen (secondary N) is 1. The molecule has 3 aromatic rings. The maximum absolute atomic E-state index is 12.9. The van der Waals surface area contributed by atoms with Crippen LogP contribution < -0.4 is 14.8 Å². The number of anilines is 1. The minimum absolute atomic E-state index is 0.0932. The molecule has 1 N–H and O–H groups in total. The summed E-state index contributed by atoms with van der Waals surface area (Å²) in [5.41, 5.74) is 2.16. The highest BCUT2D eigenvalue weighted by Gasteiger charge is 2.14. The Balaban J connectivity index is 1.51. The Labute approximate surface area is 182 Å². The largest absolute Gasteiger partial charge is 0.497 e. The Hall–Kier alpha value is -3.46. The van der Waals surface area contributed by atoms with E-state index in [1.165, 1.54) is 23.5 Å². The van der Waals surface area contributed by atoms with E-state index in [1.54, 1.807) is 49.9 Å². The molecule has 0 saturated heterocycles. The summed E-state index contributed by atoms with van der Waals surface area (Å²) in [5.74, 6) is -0.0618. The van der Waals surface area contributed by atoms with Crippen LogP contribution in [0.15, 0.2) is 47.8 Å². The molecule has 0 unspecified atom stereocenters. The van der Waals surface area contributed by atoms with Gasteiger partial charge < -0.3 is 14.2 Å². The molecule has 1 aromatic heterocycles. The first-order valence-electron chi connectivity index (χ1n) is 9.36. The molecule has 1 amide bonds. The molecular weight excluding hydrogens is 423 g/mol. The molecule has 2 aromatic carbocycles. The van der Waals surface area contributed by atoms with Crippen LogP contribution in [-0.4, -0.2) is 37.7 Å². The molecule has 3 rings (SSSR count). The van der Waals surface area contributed by atoms with Gasteiger partial charge in [-0.25, -0.2) is 9.37 Å². The molecule has 31 heavy (non-hydrogen) atoms. The minimum atomic E-state index is -0.514. The van der Waals surface area contributed by atoms with Crippen molar-refractivity contribution in [1.29, 1.82) is 0 Å². The van der Waals surface area contributed by atoms with Gasteiger partial charge in [0.1, 0.15) is 17.3 Å². The summed E-state index contributed by atoms with van der Waals surface area (Å²) >= 11 is 1.24. The lowest BCUT2D eigenvalue weighted by Gasteiger charge is -2.08. The molecule has 0 fully saturated rings. The number of esters is 1. The number of rotatable bonds is 9. The van der Waals surface area contributed by atoms with Crippen molar-refractivity contribution in [2.24, 2.45) is 0 Å². The molecule has 0 spiro atoms. The van der Waals surface area contributed by atoms with Crippen LogP contribution in [0.1, 0.15) is 12.0 Å². The second-order valence-electron chi connectivity index (χ2n) is 6.44. The van der Waals surface area contributed by atoms with Crippen molar-refractivity contribution in [2.75, 3.05) is 26.1 Å². The van der Waals surface area contributed by atoms with Crippen molar-refractivity contribution >= 4 is 28.3 Å². The predicted molar refractivity (Wildman–Crippen MR) is 115 cm³/mol. The lowest BCUT2D eigenvalue weighted by molar-refractivity contribution is -0.147. The van der Waals surface area contributed by atoms with Gasteiger partial charge in [-0.2, -0.15) is 0 Å². The monoisotopic (exact) mass is 444 g/mol. The van der Waals surface area contributed by atoms with Crippen molar-refractivity contribution in [1.82, 2.24) is 4.98 Å². The first-order chi connectivity index (χ1) is 15.0. The smallest absolute Gasteiger partial charge is 0.306 e. The van der Waals surface area contributed by atoms with Gasteiger partial charge in [0.25, 0.3) is 5.91 Å². The number of benzene rings is 2. The van der Waals surface area contributed by atoms with Crippen molar-refractivity contribution < 1.29 is 28.2 Å². The Morgan fingerprint density at radius 3 is 2.58 bits per heavy atom. The zero-order chi connectivity index (χ0) is 22.2. The van der Waals surface area contributed by atoms with Crippen LogP contribution in [0.3, 0.4) is 0 Å². The first kappa shape index (κ1) is 22.2. The quantitative estimate of drug-likeness (QED) is 0.501. The van der Waals surface area contributed by atoms with Crippen molar-refractivity contribution in [3.05, 3.63) is 59.2 Å². The van der Waals surface area contributed by atoms with E-state index in [4.69, 9.17) is 14.2 Å². The Morgan fingerprint density at radius 1 is 1.10 bits per heavy atom. The maximum Gasteiger partial charge on any atom is 0.306 e. The number of aryl methyl sites for hydroxylation is 1. The van der Waals surface area contributed by atoms with Crippen LogP contribution in [-0.2, 0) is 20.7 Å². The van der Waals surface area contributed by atoms with Crippen LogP contribution in [0, 0.1) is 5.82 Å². The van der Waals surface area contributed by atoms with Crippen molar-refractivity contribution in [2.45, 2.75) is 12.8 Å². The summed E-state index contributed by atoms with van der Waals surface area (Å²) in [7, 11) is 3.13. The predicted octanol–water partition coefficient (Wildman–Crippen LogP) is 4.08. The average Bonchev–Trinajstić information content (AvgIpc) is 3.25. The maximum atomic E-state index is 12.9. The summed E-state index contributed by atoms with van der Waals surface area (Å²) in [6.07, 6.45) is 0.495. The van der Waals surface area contributed by atoms with E-state index in [1.807, 2.05) is 0 Å². The van der Waals surface area contributed by atoms with Crippen LogP contribution >= 0.6 is 11.3 Å². The van der Waals surface area contributed by atoms with E-state index in [-0.39, 0.29) is 12.2 Å². The molecule has 0 aliphatic rings. The van der Waals surface area contributed by atoms with Crippen LogP contribution in [0.25, 0.3) is 11.3 Å². The molecule has 9 heteroatoms. The highest BCUT2D eigenvalue weighted by molar-refractivity contribution is 7.14. The number of aromatic nitrogens is 1. The van der Waals surface area contributed by atoms with Gasteiger partial charge >= 0.3 is 5.97 Å². The normalized spacial score (nSPS) is 10.4. The number of carbonyl (C=O) groups is 2. The zero-order valence-corrected chi connectivity index (χ0v) is 17.8. The molecular formula is C22H21FN2O5S. The van der Waals surface area contributed by atoms with Crippen LogP contribution in [0.5, 0.6) is 11.5 Å². The number of halogens is 1. The molecule has 0 atom stereocenters. The standard InChI is InChI=1S/C22H21FN2O5S/c1-28-16-8-9-19(29-2)17(11-16)18-13-31-22(24-18)25-20(26)12-30-21(27)10-5-14-3-6-15(23)7-4-14/h3-4,6-9,11,13H,5,10,12H2,1-2H3,(H,24,25,26). The highest BCUT2D eigenvalue weighted by Crippen LogP contribution is 2.34. The van der Waals surface area contributed by atoms with E-state index >= 15 is 0 Å². The van der Waals surface area contributed by atoms with Gasteiger partial charge in [0.05, 0.1) is 19.9 Å². The van der Waals surface area contributed by atoms with Gasteiger partial charge in [-0.05, 0) is 42.3 Å². The Morgan fingerprint density at radius 2 is 1.87 bits per heavy atom. The number of amides is 1. The van der Waals surface area contributed by atoms with E-state index in [0.717, 1.165) is 11.1 Å². The molecule has 162 valence electrons. The van der Waals surface area contributed by atoms with Crippen molar-refractivity contribution in [3.8, 4) is 22.8 Å². The lowest BCUT2D eigenvalue weighted by atomic mass is 10.1. The van der Waals surface area contributed by atoms with Crippen LogP contribution in [0.2, 0.25) is 0 Å². The molecule has 0 bridgehead atoms. The van der Waals surface area contributed by atoms with E-state index < -0.39 is 18.5 Å². The topological polar surface area (TPSA) is 86.8 Å². The number of hydrogen-bond acceptors (Lipinski definition) is 7. The fourth-order valence-corrected chi connectivity index (χ4v) is 3.47. The van der Waals surface area contributed by atoms with Gasteiger partial charge in [-0.15, -0.1) is 11.3 Å². The van der Waals surface area contributed by atoms with E-state index in [0.29, 0.717) is 28.7 Å². The average molecular weight is 444 g/mol. The Kier molecular flexibility index (Phi) is 7.55. The number of hydrogen-bond donors (Lipinski definition) is 1. The highest BCUT2D eigenvalue weighted by atomic mass is 32.1. The zero-order valence-electron chi connectivity index (χ0n) is 17.0. The summed E-state index contributed by atoms with van der Waals surface area (Å²) in [4.78, 5) is 28.3. The lowest BCUT2D eigenvalue weighted by Crippen LogP contribution is -2.21. The van der Waals surface area contributed by atoms with E-state index in [9.17, 15) is 14.0 Å². The summed E-state index contributed by atoms with van der Waals surface area (Å²) in [6.45, 7) is -0.417. The summed E-state index contributed by atoms with van der Waals surface area (Å²) in [6, 6.07) is 11.2. The second-order valence-corrected chi connectivity index (χ2v) is 7.30. The second kappa shape index (κ2) is 10.5. The third-order valence-electron chi connectivity index (χ3n) is 4.33. The Bertz CT molecular complexity index is 1050. The fourth-order valence-electron chi connectivity index (χ4n) is 2.74. The number of carbonyl (C=O) groups excluding carboxylic acids is 2. The SMILES string of the molecule is COc1ccc(OC)c(-c2csc(NC(=O)COC(=O)CCc3ccc(F)cc3)n2)c1. The fraction of sp³-hybridized carbons (Fsp3) is 0.227. The number of nitrogens with zero attached hydrogens (tertiary/aromatic N) is 1. The van der Waals surface area contributed by atoms with Gasteiger partial charge in [-0.3, -0.25) is 14.9 Å². The van der Waals surface area contributed by atoms with Gasteiger partial charge in [-0.1, -0.05) is 12.1 Å².